The van der Waals surface area contributed by atoms with Gasteiger partial charge in [-0.15, -0.1) is 0 Å². The van der Waals surface area contributed by atoms with Gasteiger partial charge in [-0.05, 0) is 93.1 Å². The summed E-state index contributed by atoms with van der Waals surface area (Å²) in [5.74, 6) is -2.04. The van der Waals surface area contributed by atoms with Crippen LogP contribution in [0.2, 0.25) is 0 Å². The van der Waals surface area contributed by atoms with Crippen LogP contribution in [-0.2, 0) is 5.41 Å². The molecule has 3 heteroatoms. The van der Waals surface area contributed by atoms with Crippen LogP contribution in [-0.4, -0.2) is 0 Å². The van der Waals surface area contributed by atoms with Crippen LogP contribution in [0.5, 0.6) is 11.5 Å². The monoisotopic (exact) mass is 705 g/mol. The summed E-state index contributed by atoms with van der Waals surface area (Å²) in [6.45, 7) is -8.47. The van der Waals surface area contributed by atoms with Crippen molar-refractivity contribution in [2.75, 3.05) is 9.80 Å². The van der Waals surface area contributed by atoms with Crippen molar-refractivity contribution in [2.45, 2.75) is 19.1 Å². The van der Waals surface area contributed by atoms with Crippen molar-refractivity contribution in [2.24, 2.45) is 0 Å². The molecule has 0 radical (unpaired) electrons. The highest BCUT2D eigenvalue weighted by Crippen LogP contribution is 2.62. The average molecular weight is 705 g/mol. The molecule has 0 aromatic heterocycles. The van der Waals surface area contributed by atoms with Gasteiger partial charge >= 0.3 is 0 Å². The zero-order valence-corrected chi connectivity index (χ0v) is 25.8. The van der Waals surface area contributed by atoms with Crippen LogP contribution in [0.15, 0.2) is 181 Å². The number of nitrogens with zero attached hydrogens (tertiary/aromatic N) is 2. The van der Waals surface area contributed by atoms with Crippen molar-refractivity contribution < 1.29 is 54.1 Å². The van der Waals surface area contributed by atoms with Crippen LogP contribution in [0.25, 0.3) is 33.0 Å². The molecule has 0 saturated heterocycles. The summed E-state index contributed by atoms with van der Waals surface area (Å²) in [5.41, 5.74) is -18.2. The minimum Gasteiger partial charge on any atom is -0.453 e. The number of para-hydroxylation sites is 2. The molecule has 2 heterocycles. The Hall–Kier alpha value is -6.58. The van der Waals surface area contributed by atoms with Gasteiger partial charge in [0.25, 0.3) is 0 Å². The lowest BCUT2D eigenvalue weighted by molar-refractivity contribution is 0.472. The fourth-order valence-corrected chi connectivity index (χ4v) is 5.93. The standard InChI is InChI=1S/C49H36N2O/c1-49(2)42-19-11-12-20-43(42)51-47-41-18-10-9-15-35(41)25-31-44(47)52-45-32-30-40(46(49)48(45)51)36-23-28-39(29-24-36)50(37-16-7-4-8-17-37)38-26-21-34(22-27-38)33-13-5-3-6-14-33/h3-32H,1-2H3/i1D3,2D3,3D,4D,5D,6D,7D,8D,9D,10D,11D,12D,13D,14D,15D,16D,17D,18D,19D,20D,21D,22D,23D,24D,25D,26D,27D,28D,29D,30D,31D,32D. The van der Waals surface area contributed by atoms with Gasteiger partial charge in [0, 0.05) is 36.1 Å². The Morgan fingerprint density at radius 3 is 1.85 bits per heavy atom. The Balaban J connectivity index is 1.44. The number of hydrogen-bond acceptors (Lipinski definition) is 3. The number of anilines is 6. The second-order valence-electron chi connectivity index (χ2n) is 11.0. The second-order valence-corrected chi connectivity index (χ2v) is 11.0. The van der Waals surface area contributed by atoms with E-state index >= 15 is 0 Å². The molecule has 0 spiro atoms. The largest absolute Gasteiger partial charge is 0.453 e. The molecular weight excluding hydrogens is 633 g/mol. The summed E-state index contributed by atoms with van der Waals surface area (Å²) in [7, 11) is 0. The van der Waals surface area contributed by atoms with E-state index in [2.05, 4.69) is 0 Å². The minimum atomic E-state index is -4.23. The maximum Gasteiger partial charge on any atom is 0.152 e. The van der Waals surface area contributed by atoms with Gasteiger partial charge in [0.1, 0.15) is 0 Å². The van der Waals surface area contributed by atoms with Gasteiger partial charge in [-0.3, -0.25) is 0 Å². The Bertz CT molecular complexity index is 4460. The van der Waals surface area contributed by atoms with Gasteiger partial charge in [-0.2, -0.15) is 0 Å². The third kappa shape index (κ3) is 4.66. The highest BCUT2D eigenvalue weighted by atomic mass is 16.5. The van der Waals surface area contributed by atoms with E-state index in [-0.39, 0.29) is 4.90 Å². The van der Waals surface area contributed by atoms with Gasteiger partial charge in [0.2, 0.25) is 0 Å². The lowest BCUT2D eigenvalue weighted by Crippen LogP contribution is -2.33. The average Bonchev–Trinajstić information content (AvgIpc) is 0.658. The molecule has 0 unspecified atom stereocenters. The normalized spacial score (nSPS) is 23.7. The molecule has 3 nitrogen and oxygen atoms in total. The first kappa shape index (κ1) is 11.0. The molecule has 0 N–H and O–H groups in total. The first-order chi connectivity index (χ1) is 40.5. The predicted molar refractivity (Wildman–Crippen MR) is 216 cm³/mol. The summed E-state index contributed by atoms with van der Waals surface area (Å²) >= 11 is 0. The Morgan fingerprint density at radius 2 is 1.10 bits per heavy atom. The number of fused-ring (bicyclic) bond motifs is 6. The summed E-state index contributed by atoms with van der Waals surface area (Å²) < 4.78 is 333. The quantitative estimate of drug-likeness (QED) is 0.177. The van der Waals surface area contributed by atoms with E-state index in [0.29, 0.717) is 4.90 Å². The van der Waals surface area contributed by atoms with E-state index in [0.717, 1.165) is 0 Å². The summed E-state index contributed by atoms with van der Waals surface area (Å²) in [5, 5.41) is -1.52. The highest BCUT2D eigenvalue weighted by Gasteiger charge is 2.43. The summed E-state index contributed by atoms with van der Waals surface area (Å²) in [6, 6.07) is -35.9. The third-order valence-electron chi connectivity index (χ3n) is 8.12. The first-order valence-electron chi connectivity index (χ1n) is 33.0. The molecule has 0 bridgehead atoms. The molecule has 10 rings (SSSR count). The van der Waals surface area contributed by atoms with Crippen molar-refractivity contribution in [3.8, 4) is 33.8 Å². The molecule has 8 aromatic rings. The zero-order chi connectivity index (χ0) is 65.9. The number of rotatable bonds is 5. The van der Waals surface area contributed by atoms with Gasteiger partial charge in [-0.1, -0.05) is 141 Å². The number of benzene rings is 8. The van der Waals surface area contributed by atoms with Crippen molar-refractivity contribution >= 4 is 44.9 Å². The topological polar surface area (TPSA) is 15.7 Å². The Kier molecular flexibility index (Phi) is 2.48. The fourth-order valence-electron chi connectivity index (χ4n) is 5.93. The van der Waals surface area contributed by atoms with E-state index in [4.69, 9.17) is 26.7 Å². The highest BCUT2D eigenvalue weighted by molar-refractivity contribution is 6.07. The van der Waals surface area contributed by atoms with Crippen LogP contribution in [0.3, 0.4) is 0 Å². The number of hydrogen-bond donors (Lipinski definition) is 0. The van der Waals surface area contributed by atoms with E-state index in [9.17, 15) is 27.4 Å². The second kappa shape index (κ2) is 11.8. The van der Waals surface area contributed by atoms with E-state index in [1.807, 2.05) is 0 Å². The smallest absolute Gasteiger partial charge is 0.152 e. The SMILES string of the molecule is [2H]c1c([2H])c([2H])c(-c2c([2H])c([2H])c(N(c3c([2H])c([2H])c([2H])c([2H])c3[2H])c3c([2H])c([2H])c(-c4c([2H])c([2H])c5c6c4C(C([2H])([2H])[2H])(C([2H])([2H])[2H])c4c([2H])c([2H])c([2H])c([2H])c4N6c4c(c([2H])c([2H])c6c([2H])c([2H])c([2H])c([2H])c46)O5)c([2H])c3[2H])c([2H])c2[2H])c([2H])c1[2H]. The van der Waals surface area contributed by atoms with Crippen LogP contribution in [0.4, 0.5) is 34.1 Å². The number of ether oxygens (including phenoxy) is 1. The summed E-state index contributed by atoms with van der Waals surface area (Å²) in [4.78, 5) is 0.793. The van der Waals surface area contributed by atoms with Gasteiger partial charge in [-0.25, -0.2) is 0 Å². The molecule has 0 aliphatic carbocycles. The molecular formula is C49H36N2O. The van der Waals surface area contributed by atoms with Crippen LogP contribution in [0.1, 0.15) is 74.2 Å². The Morgan fingerprint density at radius 1 is 0.519 bits per heavy atom. The zero-order valence-electron chi connectivity index (χ0n) is 61.8. The van der Waals surface area contributed by atoms with E-state index < -0.39 is 290 Å². The van der Waals surface area contributed by atoms with E-state index in [1.165, 1.54) is 0 Å². The van der Waals surface area contributed by atoms with Gasteiger partial charge < -0.3 is 14.5 Å². The molecule has 0 fully saturated rings. The van der Waals surface area contributed by atoms with Crippen LogP contribution in [0, 0.1) is 0 Å². The van der Waals surface area contributed by atoms with Gasteiger partial charge in [0.05, 0.1) is 58.2 Å². The molecule has 0 amide bonds. The van der Waals surface area contributed by atoms with E-state index in [1.54, 1.807) is 0 Å². The minimum absolute atomic E-state index is 0.200. The molecule has 2 aliphatic rings. The maximum atomic E-state index is 9.84. The third-order valence-corrected chi connectivity index (χ3v) is 8.12. The lowest BCUT2D eigenvalue weighted by Gasteiger charge is -2.46. The molecule has 0 atom stereocenters. The molecule has 2 aliphatic heterocycles. The fraction of sp³-hybridized carbons (Fsp3) is 0.0612. The lowest BCUT2D eigenvalue weighted by atomic mass is 9.70. The first-order valence-corrected chi connectivity index (χ1v) is 15.0. The predicted octanol–water partition coefficient (Wildman–Crippen LogP) is 13.9. The van der Waals surface area contributed by atoms with Crippen molar-refractivity contribution in [1.29, 1.82) is 0 Å². The van der Waals surface area contributed by atoms with Crippen molar-refractivity contribution in [3.63, 3.8) is 0 Å². The van der Waals surface area contributed by atoms with Crippen molar-refractivity contribution in [3.05, 3.63) is 192 Å². The molecule has 52 heavy (non-hydrogen) atoms. The molecule has 0 saturated carbocycles. The summed E-state index contributed by atoms with van der Waals surface area (Å²) in [6.07, 6.45) is 0. The van der Waals surface area contributed by atoms with Gasteiger partial charge in [0.15, 0.2) is 11.5 Å². The molecule has 8 aromatic carbocycles. The molecule has 248 valence electrons. The maximum absolute atomic E-state index is 9.84. The Labute approximate surface area is 355 Å². The van der Waals surface area contributed by atoms with Crippen LogP contribution < -0.4 is 14.5 Å². The van der Waals surface area contributed by atoms with Crippen molar-refractivity contribution in [1.82, 2.24) is 0 Å². The van der Waals surface area contributed by atoms with Crippen LogP contribution >= 0.6 is 0 Å².